The van der Waals surface area contributed by atoms with Crippen molar-refractivity contribution in [1.82, 2.24) is 0 Å². The summed E-state index contributed by atoms with van der Waals surface area (Å²) in [4.78, 5) is 23.5. The van der Waals surface area contributed by atoms with Gasteiger partial charge in [-0.1, -0.05) is 40.9 Å². The van der Waals surface area contributed by atoms with E-state index in [0.717, 1.165) is 0 Å². The van der Waals surface area contributed by atoms with Crippen molar-refractivity contribution >= 4 is 52.6 Å². The first-order valence-electron chi connectivity index (χ1n) is 6.54. The molecule has 23 heavy (non-hydrogen) atoms. The summed E-state index contributed by atoms with van der Waals surface area (Å²) in [6.07, 6.45) is 2.74. The van der Waals surface area contributed by atoms with E-state index in [0.29, 0.717) is 26.2 Å². The van der Waals surface area contributed by atoms with Crippen molar-refractivity contribution in [3.8, 4) is 0 Å². The predicted molar refractivity (Wildman–Crippen MR) is 92.2 cm³/mol. The Morgan fingerprint density at radius 2 is 1.65 bits per heavy atom. The number of hydrogen-bond donors (Lipinski definition) is 0. The highest BCUT2D eigenvalue weighted by atomic mass is 35.5. The van der Waals surface area contributed by atoms with Crippen molar-refractivity contribution in [3.05, 3.63) is 74.7 Å². The van der Waals surface area contributed by atoms with Crippen LogP contribution in [0.4, 0.5) is 0 Å². The molecular weight excluding hydrogens is 359 g/mol. The highest BCUT2D eigenvalue weighted by Crippen LogP contribution is 2.23. The van der Waals surface area contributed by atoms with Gasteiger partial charge in [-0.25, -0.2) is 4.79 Å². The second-order valence-electron chi connectivity index (χ2n) is 4.54. The topological polar surface area (TPSA) is 43.4 Å². The SMILES string of the molecule is O=C(C=Cc1ccc(Cl)c(Cl)c1)OCC(=O)c1ccc(Cl)cc1. The highest BCUT2D eigenvalue weighted by molar-refractivity contribution is 6.42. The molecule has 0 atom stereocenters. The summed E-state index contributed by atoms with van der Waals surface area (Å²) in [5, 5.41) is 1.35. The Kier molecular flexibility index (Phi) is 6.22. The molecule has 0 saturated carbocycles. The lowest BCUT2D eigenvalue weighted by atomic mass is 10.1. The summed E-state index contributed by atoms with van der Waals surface area (Å²) in [5.41, 5.74) is 1.12. The van der Waals surface area contributed by atoms with Gasteiger partial charge in [0.2, 0.25) is 0 Å². The van der Waals surface area contributed by atoms with Crippen LogP contribution in [0.25, 0.3) is 6.08 Å². The molecule has 0 spiro atoms. The number of hydrogen-bond acceptors (Lipinski definition) is 3. The summed E-state index contributed by atoms with van der Waals surface area (Å²) < 4.78 is 4.90. The van der Waals surface area contributed by atoms with Crippen LogP contribution in [0.1, 0.15) is 15.9 Å². The summed E-state index contributed by atoms with van der Waals surface area (Å²) in [6.45, 7) is -0.341. The molecule has 0 aliphatic carbocycles. The molecule has 0 radical (unpaired) electrons. The molecule has 0 fully saturated rings. The summed E-state index contributed by atoms with van der Waals surface area (Å²) in [7, 11) is 0. The van der Waals surface area contributed by atoms with Gasteiger partial charge in [-0.3, -0.25) is 4.79 Å². The van der Waals surface area contributed by atoms with Gasteiger partial charge in [-0.15, -0.1) is 0 Å². The van der Waals surface area contributed by atoms with Crippen LogP contribution < -0.4 is 0 Å². The Morgan fingerprint density at radius 1 is 0.957 bits per heavy atom. The van der Waals surface area contributed by atoms with E-state index in [-0.39, 0.29) is 12.4 Å². The second-order valence-corrected chi connectivity index (χ2v) is 5.80. The number of ether oxygens (including phenoxy) is 1. The number of benzene rings is 2. The molecule has 6 heteroatoms. The van der Waals surface area contributed by atoms with E-state index >= 15 is 0 Å². The Bertz CT molecular complexity index is 752. The van der Waals surface area contributed by atoms with Gasteiger partial charge in [0.05, 0.1) is 10.0 Å². The standard InChI is InChI=1S/C17H11Cl3O3/c18-13-5-3-12(4-6-13)16(21)10-23-17(22)8-2-11-1-7-14(19)15(20)9-11/h1-9H,10H2. The molecule has 2 aromatic rings. The van der Waals surface area contributed by atoms with E-state index in [1.807, 2.05) is 0 Å². The van der Waals surface area contributed by atoms with Crippen LogP contribution in [-0.2, 0) is 9.53 Å². The lowest BCUT2D eigenvalue weighted by Crippen LogP contribution is -2.12. The monoisotopic (exact) mass is 368 g/mol. The first-order valence-corrected chi connectivity index (χ1v) is 7.68. The minimum Gasteiger partial charge on any atom is -0.454 e. The Hall–Kier alpha value is -1.81. The number of rotatable bonds is 5. The van der Waals surface area contributed by atoms with Gasteiger partial charge in [-0.2, -0.15) is 0 Å². The molecular formula is C17H11Cl3O3. The molecule has 0 amide bonds. The molecule has 0 bridgehead atoms. The Labute approximate surface area is 148 Å². The molecule has 0 aliphatic rings. The van der Waals surface area contributed by atoms with Gasteiger partial charge in [0.15, 0.2) is 12.4 Å². The number of esters is 1. The summed E-state index contributed by atoms with van der Waals surface area (Å²) in [6, 6.07) is 11.3. The van der Waals surface area contributed by atoms with Crippen LogP contribution in [0.3, 0.4) is 0 Å². The van der Waals surface area contributed by atoms with Crippen LogP contribution in [-0.4, -0.2) is 18.4 Å². The van der Waals surface area contributed by atoms with Gasteiger partial charge in [0, 0.05) is 16.7 Å². The van der Waals surface area contributed by atoms with E-state index < -0.39 is 5.97 Å². The van der Waals surface area contributed by atoms with Gasteiger partial charge in [-0.05, 0) is 48.0 Å². The van der Waals surface area contributed by atoms with E-state index in [2.05, 4.69) is 0 Å². The Morgan fingerprint density at radius 3 is 2.30 bits per heavy atom. The molecule has 0 unspecified atom stereocenters. The first-order chi connectivity index (χ1) is 11.0. The summed E-state index contributed by atoms with van der Waals surface area (Å²) >= 11 is 17.4. The molecule has 3 nitrogen and oxygen atoms in total. The van der Waals surface area contributed by atoms with Crippen LogP contribution in [0.5, 0.6) is 0 Å². The van der Waals surface area contributed by atoms with E-state index in [4.69, 9.17) is 39.5 Å². The smallest absolute Gasteiger partial charge is 0.331 e. The maximum absolute atomic E-state index is 11.8. The van der Waals surface area contributed by atoms with Crippen molar-refractivity contribution in [3.63, 3.8) is 0 Å². The third kappa shape index (κ3) is 5.39. The summed E-state index contributed by atoms with van der Waals surface area (Å²) in [5.74, 6) is -0.934. The van der Waals surface area contributed by atoms with Gasteiger partial charge >= 0.3 is 5.97 Å². The van der Waals surface area contributed by atoms with Crippen molar-refractivity contribution in [2.45, 2.75) is 0 Å². The third-order valence-electron chi connectivity index (χ3n) is 2.87. The molecule has 0 aliphatic heterocycles. The number of ketones is 1. The second kappa shape index (κ2) is 8.16. The third-order valence-corrected chi connectivity index (χ3v) is 3.86. The van der Waals surface area contributed by atoms with Crippen LogP contribution in [0.2, 0.25) is 15.1 Å². The predicted octanol–water partition coefficient (Wildman–Crippen LogP) is 5.09. The van der Waals surface area contributed by atoms with Crippen LogP contribution in [0, 0.1) is 0 Å². The fourth-order valence-corrected chi connectivity index (χ4v) is 2.12. The zero-order valence-corrected chi connectivity index (χ0v) is 14.0. The van der Waals surface area contributed by atoms with E-state index in [1.54, 1.807) is 42.5 Å². The maximum Gasteiger partial charge on any atom is 0.331 e. The zero-order valence-electron chi connectivity index (χ0n) is 11.8. The van der Waals surface area contributed by atoms with Crippen molar-refractivity contribution in [2.75, 3.05) is 6.61 Å². The molecule has 0 saturated heterocycles. The Balaban J connectivity index is 1.89. The average molecular weight is 370 g/mol. The molecule has 2 rings (SSSR count). The van der Waals surface area contributed by atoms with Gasteiger partial charge < -0.3 is 4.74 Å². The largest absolute Gasteiger partial charge is 0.454 e. The molecule has 0 N–H and O–H groups in total. The van der Waals surface area contributed by atoms with Gasteiger partial charge in [0.25, 0.3) is 0 Å². The highest BCUT2D eigenvalue weighted by Gasteiger charge is 2.08. The quantitative estimate of drug-likeness (QED) is 0.419. The van der Waals surface area contributed by atoms with Crippen LogP contribution in [0.15, 0.2) is 48.5 Å². The number of carbonyl (C=O) groups excluding carboxylic acids is 2. The van der Waals surface area contributed by atoms with Crippen molar-refractivity contribution < 1.29 is 14.3 Å². The number of Topliss-reactive ketones (excluding diaryl/α,β-unsaturated/α-hetero) is 1. The molecule has 0 aromatic heterocycles. The van der Waals surface area contributed by atoms with Crippen molar-refractivity contribution in [2.24, 2.45) is 0 Å². The molecule has 0 heterocycles. The van der Waals surface area contributed by atoms with E-state index in [1.165, 1.54) is 12.2 Å². The lowest BCUT2D eigenvalue weighted by molar-refractivity contribution is -0.136. The number of halogens is 3. The lowest BCUT2D eigenvalue weighted by Gasteiger charge is -2.02. The molecule has 2 aromatic carbocycles. The zero-order chi connectivity index (χ0) is 16.8. The minimum absolute atomic E-state index is 0.307. The fourth-order valence-electron chi connectivity index (χ4n) is 1.68. The first kappa shape index (κ1) is 17.5. The van der Waals surface area contributed by atoms with Crippen molar-refractivity contribution in [1.29, 1.82) is 0 Å². The minimum atomic E-state index is -0.626. The van der Waals surface area contributed by atoms with Crippen LogP contribution >= 0.6 is 34.8 Å². The normalized spacial score (nSPS) is 10.7. The maximum atomic E-state index is 11.8. The molecule has 118 valence electrons. The van der Waals surface area contributed by atoms with E-state index in [9.17, 15) is 9.59 Å². The number of carbonyl (C=O) groups is 2. The average Bonchev–Trinajstić information content (AvgIpc) is 2.54. The van der Waals surface area contributed by atoms with Gasteiger partial charge in [0.1, 0.15) is 0 Å². The fraction of sp³-hybridized carbons (Fsp3) is 0.0588.